The van der Waals surface area contributed by atoms with Gasteiger partial charge in [-0.15, -0.1) is 0 Å². The van der Waals surface area contributed by atoms with Gasteiger partial charge in [-0.25, -0.2) is 0 Å². The minimum absolute atomic E-state index is 1.07. The van der Waals surface area contributed by atoms with Gasteiger partial charge in [0.25, 0.3) is 0 Å². The maximum atomic E-state index is 3.91. The normalized spacial score (nSPS) is 12.1. The highest BCUT2D eigenvalue weighted by molar-refractivity contribution is 6.13. The fourth-order valence-corrected chi connectivity index (χ4v) is 3.26. The van der Waals surface area contributed by atoms with Crippen LogP contribution in [0.3, 0.4) is 0 Å². The zero-order valence-corrected chi connectivity index (χ0v) is 12.8. The number of fused-ring (bicyclic) bond motifs is 4. The van der Waals surface area contributed by atoms with Crippen molar-refractivity contribution in [2.45, 2.75) is 13.8 Å². The molecule has 0 aliphatic carbocycles. The van der Waals surface area contributed by atoms with E-state index in [1.54, 1.807) is 0 Å². The molecule has 0 aliphatic heterocycles. The van der Waals surface area contributed by atoms with Gasteiger partial charge in [-0.3, -0.25) is 0 Å². The van der Waals surface area contributed by atoms with Crippen LogP contribution in [-0.4, -0.2) is 9.97 Å². The average molecular weight is 286 g/mol. The third kappa shape index (κ3) is 1.74. The van der Waals surface area contributed by atoms with E-state index >= 15 is 0 Å². The first-order valence-electron chi connectivity index (χ1n) is 7.54. The van der Waals surface area contributed by atoms with Crippen LogP contribution < -0.4 is 0 Å². The molecule has 0 spiro atoms. The van der Waals surface area contributed by atoms with E-state index in [1.807, 2.05) is 13.0 Å². The van der Waals surface area contributed by atoms with Gasteiger partial charge in [0.1, 0.15) is 0 Å². The summed E-state index contributed by atoms with van der Waals surface area (Å²) in [6.07, 6.45) is 6.08. The van der Waals surface area contributed by atoms with Crippen molar-refractivity contribution in [3.8, 4) is 0 Å². The number of benzene rings is 2. The number of H-pyrrole nitrogens is 2. The van der Waals surface area contributed by atoms with E-state index in [0.717, 1.165) is 11.2 Å². The largest absolute Gasteiger partial charge is 0.355 e. The summed E-state index contributed by atoms with van der Waals surface area (Å²) >= 11 is 0. The molecule has 0 bridgehead atoms. The van der Waals surface area contributed by atoms with E-state index in [-0.39, 0.29) is 0 Å². The lowest BCUT2D eigenvalue weighted by atomic mass is 10.1. The molecule has 0 aliphatic rings. The molecule has 0 radical (unpaired) electrons. The van der Waals surface area contributed by atoms with Crippen LogP contribution in [0.2, 0.25) is 0 Å². The van der Waals surface area contributed by atoms with Crippen LogP contribution in [0, 0.1) is 6.92 Å². The van der Waals surface area contributed by atoms with Crippen LogP contribution in [0.5, 0.6) is 0 Å². The second-order valence-corrected chi connectivity index (χ2v) is 5.77. The molecule has 108 valence electrons. The Bertz CT molecular complexity index is 1060. The summed E-state index contributed by atoms with van der Waals surface area (Å²) in [6.45, 7) is 8.07. The quantitative estimate of drug-likeness (QED) is 0.467. The van der Waals surface area contributed by atoms with Crippen LogP contribution in [0.1, 0.15) is 23.7 Å². The summed E-state index contributed by atoms with van der Waals surface area (Å²) < 4.78 is 0. The van der Waals surface area contributed by atoms with Crippen molar-refractivity contribution in [2.75, 3.05) is 0 Å². The van der Waals surface area contributed by atoms with Gasteiger partial charge in [0.15, 0.2) is 0 Å². The lowest BCUT2D eigenvalue weighted by Gasteiger charge is -1.95. The maximum Gasteiger partial charge on any atom is 0.0472 e. The van der Waals surface area contributed by atoms with Crippen LogP contribution >= 0.6 is 0 Å². The molecule has 4 aromatic rings. The number of nitrogens with one attached hydrogen (secondary N) is 2. The molecule has 0 amide bonds. The van der Waals surface area contributed by atoms with Crippen LogP contribution in [0.25, 0.3) is 44.9 Å². The van der Waals surface area contributed by atoms with Gasteiger partial charge in [-0.1, -0.05) is 30.9 Å². The fraction of sp³-hybridized carbons (Fsp3) is 0.100. The molecule has 0 unspecified atom stereocenters. The van der Waals surface area contributed by atoms with Gasteiger partial charge >= 0.3 is 0 Å². The molecule has 0 fully saturated rings. The summed E-state index contributed by atoms with van der Waals surface area (Å²) in [5, 5.41) is 3.75. The Hall–Kier alpha value is -2.74. The van der Waals surface area contributed by atoms with Gasteiger partial charge in [0, 0.05) is 44.0 Å². The van der Waals surface area contributed by atoms with Crippen LogP contribution in [0.15, 0.2) is 43.0 Å². The van der Waals surface area contributed by atoms with Crippen molar-refractivity contribution in [3.63, 3.8) is 0 Å². The molecule has 0 atom stereocenters. The zero-order chi connectivity index (χ0) is 15.3. The lowest BCUT2D eigenvalue weighted by molar-refractivity contribution is 1.43. The Balaban J connectivity index is 2.14. The summed E-state index contributed by atoms with van der Waals surface area (Å²) in [6, 6.07) is 11.0. The molecular formula is C20H18N2. The standard InChI is InChI=1S/C20H18N2/c1-4-6-13-15-10-20-16(11-19(15)21-17(13)5-2)14-8-7-12(3)9-18(14)22-20/h4-11,21-22H,2H2,1,3H3/b6-4-. The highest BCUT2D eigenvalue weighted by Gasteiger charge is 2.11. The zero-order valence-electron chi connectivity index (χ0n) is 12.8. The molecule has 22 heavy (non-hydrogen) atoms. The molecule has 2 heteroatoms. The molecule has 0 saturated carbocycles. The molecule has 2 N–H and O–H groups in total. The third-order valence-electron chi connectivity index (χ3n) is 4.28. The Morgan fingerprint density at radius 2 is 1.64 bits per heavy atom. The Morgan fingerprint density at radius 1 is 0.909 bits per heavy atom. The summed E-state index contributed by atoms with van der Waals surface area (Å²) in [5.41, 5.74) is 7.06. The topological polar surface area (TPSA) is 31.6 Å². The van der Waals surface area contributed by atoms with Gasteiger partial charge in [0.05, 0.1) is 0 Å². The van der Waals surface area contributed by atoms with E-state index < -0.39 is 0 Å². The molecule has 2 aromatic heterocycles. The van der Waals surface area contributed by atoms with Crippen molar-refractivity contribution in [1.82, 2.24) is 9.97 Å². The number of rotatable bonds is 2. The first-order valence-corrected chi connectivity index (χ1v) is 7.54. The number of aryl methyl sites for hydroxylation is 1. The van der Waals surface area contributed by atoms with Crippen molar-refractivity contribution in [3.05, 3.63) is 59.8 Å². The fourth-order valence-electron chi connectivity index (χ4n) is 3.26. The summed E-state index contributed by atoms with van der Waals surface area (Å²) in [7, 11) is 0. The van der Waals surface area contributed by atoms with E-state index in [0.29, 0.717) is 0 Å². The number of aromatic amines is 2. The first-order chi connectivity index (χ1) is 10.7. The Kier molecular flexibility index (Phi) is 2.73. The van der Waals surface area contributed by atoms with Crippen LogP contribution in [-0.2, 0) is 0 Å². The SMILES string of the molecule is C=Cc1[nH]c2cc3c(cc2c1/C=C\C)[nH]c1cc(C)ccc13. The first kappa shape index (κ1) is 13.0. The predicted molar refractivity (Wildman–Crippen MR) is 97.2 cm³/mol. The predicted octanol–water partition coefficient (Wildman–Crippen LogP) is 5.79. The molecule has 0 saturated heterocycles. The van der Waals surface area contributed by atoms with Crippen molar-refractivity contribution in [1.29, 1.82) is 0 Å². The van der Waals surface area contributed by atoms with E-state index in [4.69, 9.17) is 0 Å². The number of allylic oxidation sites excluding steroid dienone is 1. The lowest BCUT2D eigenvalue weighted by Crippen LogP contribution is -1.74. The second kappa shape index (κ2) is 4.63. The third-order valence-corrected chi connectivity index (χ3v) is 4.28. The van der Waals surface area contributed by atoms with E-state index in [9.17, 15) is 0 Å². The van der Waals surface area contributed by atoms with Crippen LogP contribution in [0.4, 0.5) is 0 Å². The summed E-state index contributed by atoms with van der Waals surface area (Å²) in [4.78, 5) is 7.02. The number of hydrogen-bond donors (Lipinski definition) is 2. The van der Waals surface area contributed by atoms with E-state index in [2.05, 4.69) is 66.0 Å². The maximum absolute atomic E-state index is 3.91. The number of hydrogen-bond acceptors (Lipinski definition) is 0. The number of aromatic nitrogens is 2. The average Bonchev–Trinajstić information content (AvgIpc) is 3.02. The molecule has 4 rings (SSSR count). The Labute approximate surface area is 129 Å². The highest BCUT2D eigenvalue weighted by Crippen LogP contribution is 2.33. The van der Waals surface area contributed by atoms with Gasteiger partial charge in [-0.05, 0) is 43.7 Å². The Morgan fingerprint density at radius 3 is 2.41 bits per heavy atom. The minimum Gasteiger partial charge on any atom is -0.355 e. The monoisotopic (exact) mass is 286 g/mol. The smallest absolute Gasteiger partial charge is 0.0472 e. The van der Waals surface area contributed by atoms with Crippen molar-refractivity contribution < 1.29 is 0 Å². The molecule has 2 aromatic carbocycles. The highest BCUT2D eigenvalue weighted by atomic mass is 14.7. The van der Waals surface area contributed by atoms with Gasteiger partial charge < -0.3 is 9.97 Å². The van der Waals surface area contributed by atoms with Gasteiger partial charge in [-0.2, -0.15) is 0 Å². The van der Waals surface area contributed by atoms with Crippen molar-refractivity contribution in [2.24, 2.45) is 0 Å². The molecule has 2 heterocycles. The van der Waals surface area contributed by atoms with E-state index in [1.165, 1.54) is 38.3 Å². The minimum atomic E-state index is 1.07. The molecular weight excluding hydrogens is 268 g/mol. The molecule has 2 nitrogen and oxygen atoms in total. The van der Waals surface area contributed by atoms with Crippen molar-refractivity contribution >= 4 is 44.9 Å². The second-order valence-electron chi connectivity index (χ2n) is 5.77. The summed E-state index contributed by atoms with van der Waals surface area (Å²) in [5.74, 6) is 0. The van der Waals surface area contributed by atoms with Gasteiger partial charge in [0.2, 0.25) is 0 Å².